The molecule has 70 valence electrons. The second-order valence-corrected chi connectivity index (χ2v) is 3.16. The average Bonchev–Trinajstić information content (AvgIpc) is 2.61. The van der Waals surface area contributed by atoms with Crippen LogP contribution in [-0.2, 0) is 4.74 Å². The molecular weight excluding hydrogens is 176 g/mol. The molecule has 1 aliphatic rings. The second-order valence-electron chi connectivity index (χ2n) is 3.16. The minimum Gasteiger partial charge on any atom is -0.478 e. The summed E-state index contributed by atoms with van der Waals surface area (Å²) in [6, 6.07) is 11.9. The molecule has 1 aromatic carbocycles. The van der Waals surface area contributed by atoms with E-state index in [0.29, 0.717) is 12.2 Å². The Balaban J connectivity index is 2.35. The summed E-state index contributed by atoms with van der Waals surface area (Å²) in [6.07, 6.45) is 0. The molecule has 0 fully saturated rings. The van der Waals surface area contributed by atoms with Gasteiger partial charge in [-0.2, -0.15) is 5.26 Å². The van der Waals surface area contributed by atoms with Gasteiger partial charge in [-0.1, -0.05) is 30.3 Å². The van der Waals surface area contributed by atoms with Crippen LogP contribution in [0.2, 0.25) is 0 Å². The average molecular weight is 186 g/mol. The summed E-state index contributed by atoms with van der Waals surface area (Å²) >= 11 is 0. The van der Waals surface area contributed by atoms with Crippen LogP contribution in [0.5, 0.6) is 0 Å². The molecule has 0 amide bonds. The molecule has 0 bridgehead atoms. The maximum Gasteiger partial charge on any atom is 0.198 e. The largest absolute Gasteiger partial charge is 0.478 e. The minimum atomic E-state index is 0.00111. The number of nitrogens with zero attached hydrogens (tertiary/aromatic N) is 1. The van der Waals surface area contributed by atoms with Crippen molar-refractivity contribution >= 4 is 0 Å². The number of benzene rings is 1. The van der Waals surface area contributed by atoms with Gasteiger partial charge in [0.15, 0.2) is 5.88 Å². The van der Waals surface area contributed by atoms with Crippen molar-refractivity contribution < 1.29 is 4.74 Å². The van der Waals surface area contributed by atoms with Crippen molar-refractivity contribution in [2.45, 2.75) is 5.92 Å². The third-order valence-corrected chi connectivity index (χ3v) is 2.34. The Labute approximate surface area is 82.4 Å². The van der Waals surface area contributed by atoms with E-state index in [-0.39, 0.29) is 11.8 Å². The zero-order valence-corrected chi connectivity index (χ0v) is 7.60. The Hall–Kier alpha value is -1.95. The lowest BCUT2D eigenvalue weighted by Gasteiger charge is -2.06. The normalized spacial score (nSPS) is 20.4. The second kappa shape index (κ2) is 3.43. The van der Waals surface area contributed by atoms with E-state index in [1.165, 1.54) is 0 Å². The first-order valence-electron chi connectivity index (χ1n) is 4.40. The Morgan fingerprint density at radius 3 is 2.71 bits per heavy atom. The molecule has 0 spiro atoms. The van der Waals surface area contributed by atoms with E-state index >= 15 is 0 Å². The van der Waals surface area contributed by atoms with Gasteiger partial charge in [0.2, 0.25) is 0 Å². The molecule has 0 aliphatic carbocycles. The van der Waals surface area contributed by atoms with Crippen molar-refractivity contribution in [3.8, 4) is 6.07 Å². The summed E-state index contributed by atoms with van der Waals surface area (Å²) in [5.41, 5.74) is 7.16. The number of hydrogen-bond donors (Lipinski definition) is 1. The minimum absolute atomic E-state index is 0.00111. The van der Waals surface area contributed by atoms with Crippen LogP contribution in [0.25, 0.3) is 0 Å². The molecule has 3 heteroatoms. The molecule has 0 saturated heterocycles. The first kappa shape index (κ1) is 8.64. The van der Waals surface area contributed by atoms with Crippen LogP contribution in [-0.4, -0.2) is 6.61 Å². The highest BCUT2D eigenvalue weighted by atomic mass is 16.5. The van der Waals surface area contributed by atoms with Crippen molar-refractivity contribution in [2.75, 3.05) is 6.61 Å². The van der Waals surface area contributed by atoms with E-state index in [0.717, 1.165) is 5.56 Å². The number of ether oxygens (including phenoxy) is 1. The first-order chi connectivity index (χ1) is 6.83. The molecule has 2 rings (SSSR count). The summed E-state index contributed by atoms with van der Waals surface area (Å²) in [4.78, 5) is 0. The van der Waals surface area contributed by atoms with Gasteiger partial charge in [-0.15, -0.1) is 0 Å². The smallest absolute Gasteiger partial charge is 0.198 e. The lowest BCUT2D eigenvalue weighted by molar-refractivity contribution is 0.232. The Kier molecular flexibility index (Phi) is 2.11. The van der Waals surface area contributed by atoms with Gasteiger partial charge in [0, 0.05) is 0 Å². The van der Waals surface area contributed by atoms with Gasteiger partial charge in [0.1, 0.15) is 12.7 Å². The molecule has 0 radical (unpaired) electrons. The molecule has 1 unspecified atom stereocenters. The molecule has 1 aromatic rings. The van der Waals surface area contributed by atoms with E-state index in [4.69, 9.17) is 15.7 Å². The van der Waals surface area contributed by atoms with Gasteiger partial charge in [-0.3, -0.25) is 0 Å². The highest BCUT2D eigenvalue weighted by Crippen LogP contribution is 2.31. The van der Waals surface area contributed by atoms with E-state index in [1.54, 1.807) is 0 Å². The maximum absolute atomic E-state index is 8.90. The van der Waals surface area contributed by atoms with Crippen LogP contribution < -0.4 is 5.73 Å². The Morgan fingerprint density at radius 2 is 2.07 bits per heavy atom. The zero-order valence-electron chi connectivity index (χ0n) is 7.60. The highest BCUT2D eigenvalue weighted by molar-refractivity contribution is 5.40. The molecule has 2 N–H and O–H groups in total. The SMILES string of the molecule is N#CC1=C(N)OCC1c1ccccc1. The topological polar surface area (TPSA) is 59.0 Å². The van der Waals surface area contributed by atoms with Gasteiger partial charge >= 0.3 is 0 Å². The molecule has 0 aromatic heterocycles. The number of nitrogens with two attached hydrogens (primary N) is 1. The van der Waals surface area contributed by atoms with Crippen LogP contribution >= 0.6 is 0 Å². The van der Waals surface area contributed by atoms with Gasteiger partial charge in [0.25, 0.3) is 0 Å². The van der Waals surface area contributed by atoms with Crippen molar-refractivity contribution in [2.24, 2.45) is 5.73 Å². The lowest BCUT2D eigenvalue weighted by atomic mass is 9.94. The predicted molar refractivity (Wildman–Crippen MR) is 52.0 cm³/mol. The maximum atomic E-state index is 8.90. The molecule has 14 heavy (non-hydrogen) atoms. The van der Waals surface area contributed by atoms with Gasteiger partial charge in [-0.05, 0) is 5.56 Å². The lowest BCUT2D eigenvalue weighted by Crippen LogP contribution is -2.01. The molecule has 0 saturated carbocycles. The predicted octanol–water partition coefficient (Wildman–Crippen LogP) is 1.49. The number of rotatable bonds is 1. The van der Waals surface area contributed by atoms with Crippen LogP contribution in [0.1, 0.15) is 11.5 Å². The first-order valence-corrected chi connectivity index (χ1v) is 4.40. The van der Waals surface area contributed by atoms with Crippen LogP contribution in [0.3, 0.4) is 0 Å². The third kappa shape index (κ3) is 1.31. The summed E-state index contributed by atoms with van der Waals surface area (Å²) in [5.74, 6) is 0.266. The Bertz CT molecular complexity index is 403. The van der Waals surface area contributed by atoms with E-state index < -0.39 is 0 Å². The number of nitriles is 1. The fourth-order valence-corrected chi connectivity index (χ4v) is 1.59. The van der Waals surface area contributed by atoms with E-state index in [9.17, 15) is 0 Å². The van der Waals surface area contributed by atoms with Crippen molar-refractivity contribution in [1.82, 2.24) is 0 Å². The quantitative estimate of drug-likeness (QED) is 0.722. The fourth-order valence-electron chi connectivity index (χ4n) is 1.59. The number of hydrogen-bond acceptors (Lipinski definition) is 3. The van der Waals surface area contributed by atoms with E-state index in [2.05, 4.69) is 6.07 Å². The van der Waals surface area contributed by atoms with Gasteiger partial charge in [0.05, 0.1) is 11.5 Å². The monoisotopic (exact) mass is 186 g/mol. The Morgan fingerprint density at radius 1 is 1.36 bits per heavy atom. The van der Waals surface area contributed by atoms with Crippen LogP contribution in [0.4, 0.5) is 0 Å². The van der Waals surface area contributed by atoms with Crippen LogP contribution in [0.15, 0.2) is 41.8 Å². The van der Waals surface area contributed by atoms with E-state index in [1.807, 2.05) is 30.3 Å². The van der Waals surface area contributed by atoms with Crippen molar-refractivity contribution in [3.63, 3.8) is 0 Å². The highest BCUT2D eigenvalue weighted by Gasteiger charge is 2.27. The van der Waals surface area contributed by atoms with Crippen molar-refractivity contribution in [1.29, 1.82) is 5.26 Å². The van der Waals surface area contributed by atoms with Gasteiger partial charge < -0.3 is 10.5 Å². The third-order valence-electron chi connectivity index (χ3n) is 2.34. The molecule has 3 nitrogen and oxygen atoms in total. The van der Waals surface area contributed by atoms with Crippen LogP contribution in [0, 0.1) is 11.3 Å². The molecule has 1 aliphatic heterocycles. The summed E-state index contributed by atoms with van der Waals surface area (Å²) in [5, 5.41) is 8.90. The summed E-state index contributed by atoms with van der Waals surface area (Å²) < 4.78 is 5.16. The zero-order chi connectivity index (χ0) is 9.97. The molecular formula is C11H10N2O. The summed E-state index contributed by atoms with van der Waals surface area (Å²) in [6.45, 7) is 0.471. The van der Waals surface area contributed by atoms with Crippen molar-refractivity contribution in [3.05, 3.63) is 47.4 Å². The molecule has 1 heterocycles. The van der Waals surface area contributed by atoms with Gasteiger partial charge in [-0.25, -0.2) is 0 Å². The standard InChI is InChI=1S/C11H10N2O/c12-6-9-10(7-14-11(9)13)8-4-2-1-3-5-8/h1-5,10H,7,13H2. The fraction of sp³-hybridized carbons (Fsp3) is 0.182. The molecule has 1 atom stereocenters. The summed E-state index contributed by atoms with van der Waals surface area (Å²) in [7, 11) is 0.